The van der Waals surface area contributed by atoms with E-state index in [9.17, 15) is 17.6 Å². The van der Waals surface area contributed by atoms with Gasteiger partial charge in [0.2, 0.25) is 0 Å². The molecule has 106 valence electrons. The molecule has 1 unspecified atom stereocenters. The molecule has 1 N–H and O–H groups in total. The Morgan fingerprint density at radius 2 is 1.89 bits per heavy atom. The van der Waals surface area contributed by atoms with Crippen LogP contribution < -0.4 is 5.32 Å². The molecule has 2 rings (SSSR count). The molecule has 0 aromatic carbocycles. The van der Waals surface area contributed by atoms with Crippen molar-refractivity contribution in [3.63, 3.8) is 0 Å². The molecule has 0 aromatic rings. The average Bonchev–Trinajstić information content (AvgIpc) is 2.33. The third-order valence-electron chi connectivity index (χ3n) is 3.65. The maximum atomic E-state index is 13.2. The first-order valence-corrected chi connectivity index (χ1v) is 6.07. The number of ether oxygens (including phenoxy) is 2. The van der Waals surface area contributed by atoms with Crippen LogP contribution in [0.1, 0.15) is 19.3 Å². The summed E-state index contributed by atoms with van der Waals surface area (Å²) in [4.78, 5) is 0. The molecule has 18 heavy (non-hydrogen) atoms. The van der Waals surface area contributed by atoms with Gasteiger partial charge in [-0.15, -0.1) is 0 Å². The van der Waals surface area contributed by atoms with E-state index in [1.165, 1.54) is 0 Å². The van der Waals surface area contributed by atoms with Crippen molar-refractivity contribution < 1.29 is 27.0 Å². The van der Waals surface area contributed by atoms with Crippen LogP contribution in [0.3, 0.4) is 0 Å². The number of rotatable bonds is 3. The first kappa shape index (κ1) is 14.0. The molecule has 2 saturated heterocycles. The van der Waals surface area contributed by atoms with Gasteiger partial charge in [0.25, 0.3) is 0 Å². The Morgan fingerprint density at radius 3 is 2.50 bits per heavy atom. The Bertz CT molecular complexity index is 274. The predicted molar refractivity (Wildman–Crippen MR) is 56.1 cm³/mol. The SMILES string of the molecule is FC(F)C(F)(F)CC1NCCOC12CCOCC2. The van der Waals surface area contributed by atoms with Crippen LogP contribution in [0.15, 0.2) is 0 Å². The van der Waals surface area contributed by atoms with Crippen molar-refractivity contribution in [1.29, 1.82) is 0 Å². The van der Waals surface area contributed by atoms with Crippen molar-refractivity contribution in [2.45, 2.75) is 43.3 Å². The first-order chi connectivity index (χ1) is 8.46. The van der Waals surface area contributed by atoms with E-state index in [0.717, 1.165) is 0 Å². The second-order valence-corrected chi connectivity index (χ2v) is 4.80. The standard InChI is InChI=1S/C11H17F4NO2/c12-9(13)11(14,15)7-8-10(18-6-3-16-8)1-4-17-5-2-10/h8-9,16H,1-7H2. The number of hydrogen-bond donors (Lipinski definition) is 1. The Balaban J connectivity index is 2.08. The summed E-state index contributed by atoms with van der Waals surface area (Å²) in [6.45, 7) is 1.65. The third kappa shape index (κ3) is 2.78. The lowest BCUT2D eigenvalue weighted by Gasteiger charge is -2.47. The monoisotopic (exact) mass is 271 g/mol. The second-order valence-electron chi connectivity index (χ2n) is 4.80. The fraction of sp³-hybridized carbons (Fsp3) is 1.00. The van der Waals surface area contributed by atoms with Gasteiger partial charge in [0.05, 0.1) is 12.2 Å². The molecule has 0 aliphatic carbocycles. The fourth-order valence-electron chi connectivity index (χ4n) is 2.60. The highest BCUT2D eigenvalue weighted by molar-refractivity contribution is 4.99. The number of hydrogen-bond acceptors (Lipinski definition) is 3. The minimum atomic E-state index is -3.98. The summed E-state index contributed by atoms with van der Waals surface area (Å²) >= 11 is 0. The van der Waals surface area contributed by atoms with Crippen LogP contribution in [0.4, 0.5) is 17.6 Å². The van der Waals surface area contributed by atoms with E-state index < -0.39 is 30.4 Å². The molecule has 1 atom stereocenters. The summed E-state index contributed by atoms with van der Waals surface area (Å²) in [6.07, 6.45) is -3.61. The molecule has 2 aliphatic heterocycles. The Kier molecular flexibility index (Phi) is 4.13. The Morgan fingerprint density at radius 1 is 1.22 bits per heavy atom. The number of nitrogens with one attached hydrogen (secondary N) is 1. The normalized spacial score (nSPS) is 28.8. The van der Waals surface area contributed by atoms with Crippen molar-refractivity contribution in [2.24, 2.45) is 0 Å². The fourth-order valence-corrected chi connectivity index (χ4v) is 2.60. The summed E-state index contributed by atoms with van der Waals surface area (Å²) in [5.74, 6) is -3.98. The quantitative estimate of drug-likeness (QED) is 0.794. The summed E-state index contributed by atoms with van der Waals surface area (Å²) in [5.41, 5.74) is -0.783. The van der Waals surface area contributed by atoms with Gasteiger partial charge in [-0.3, -0.25) is 0 Å². The van der Waals surface area contributed by atoms with E-state index >= 15 is 0 Å². The minimum absolute atomic E-state index is 0.409. The molecule has 2 fully saturated rings. The van der Waals surface area contributed by atoms with Crippen molar-refractivity contribution in [2.75, 3.05) is 26.4 Å². The molecule has 0 radical (unpaired) electrons. The summed E-state index contributed by atoms with van der Waals surface area (Å²) in [5, 5.41) is 2.90. The first-order valence-electron chi connectivity index (χ1n) is 6.07. The van der Waals surface area contributed by atoms with Crippen LogP contribution in [0.2, 0.25) is 0 Å². The van der Waals surface area contributed by atoms with E-state index in [4.69, 9.17) is 9.47 Å². The molecular weight excluding hydrogens is 254 g/mol. The van der Waals surface area contributed by atoms with Crippen LogP contribution in [0.5, 0.6) is 0 Å². The van der Waals surface area contributed by atoms with Gasteiger partial charge in [0.15, 0.2) is 0 Å². The van der Waals surface area contributed by atoms with Crippen LogP contribution in [-0.2, 0) is 9.47 Å². The van der Waals surface area contributed by atoms with Gasteiger partial charge in [0, 0.05) is 45.1 Å². The lowest BCUT2D eigenvalue weighted by atomic mass is 9.82. The highest BCUT2D eigenvalue weighted by Crippen LogP contribution is 2.38. The molecule has 0 amide bonds. The largest absolute Gasteiger partial charge is 0.381 e. The second kappa shape index (κ2) is 5.30. The zero-order valence-electron chi connectivity index (χ0n) is 9.93. The van der Waals surface area contributed by atoms with Crippen molar-refractivity contribution in [3.05, 3.63) is 0 Å². The van der Waals surface area contributed by atoms with Crippen LogP contribution in [0, 0.1) is 0 Å². The third-order valence-corrected chi connectivity index (χ3v) is 3.65. The van der Waals surface area contributed by atoms with Gasteiger partial charge in [-0.1, -0.05) is 0 Å². The van der Waals surface area contributed by atoms with Gasteiger partial charge >= 0.3 is 12.3 Å². The summed E-state index contributed by atoms with van der Waals surface area (Å²) < 4.78 is 61.7. The molecule has 2 heterocycles. The van der Waals surface area contributed by atoms with Gasteiger partial charge in [0.1, 0.15) is 0 Å². The molecule has 3 nitrogen and oxygen atoms in total. The van der Waals surface area contributed by atoms with Gasteiger partial charge in [-0.05, 0) is 0 Å². The number of alkyl halides is 4. The van der Waals surface area contributed by atoms with Gasteiger partial charge in [-0.25, -0.2) is 17.6 Å². The van der Waals surface area contributed by atoms with Crippen molar-refractivity contribution in [3.8, 4) is 0 Å². The predicted octanol–water partition coefficient (Wildman–Crippen LogP) is 1.81. The molecule has 0 aromatic heterocycles. The Hall–Kier alpha value is -0.400. The van der Waals surface area contributed by atoms with Crippen molar-refractivity contribution in [1.82, 2.24) is 5.32 Å². The molecule has 2 aliphatic rings. The van der Waals surface area contributed by atoms with Gasteiger partial charge < -0.3 is 14.8 Å². The zero-order chi connectivity index (χ0) is 13.2. The average molecular weight is 271 g/mol. The van der Waals surface area contributed by atoms with Crippen molar-refractivity contribution >= 4 is 0 Å². The molecule has 0 bridgehead atoms. The van der Waals surface area contributed by atoms with E-state index in [0.29, 0.717) is 39.2 Å². The molecule has 0 saturated carbocycles. The van der Waals surface area contributed by atoms with E-state index in [2.05, 4.69) is 5.32 Å². The molecule has 1 spiro atoms. The number of halogens is 4. The van der Waals surface area contributed by atoms with E-state index in [-0.39, 0.29) is 0 Å². The van der Waals surface area contributed by atoms with Gasteiger partial charge in [-0.2, -0.15) is 0 Å². The Labute approximate surface area is 103 Å². The zero-order valence-corrected chi connectivity index (χ0v) is 9.93. The summed E-state index contributed by atoms with van der Waals surface area (Å²) in [6, 6.07) is -0.751. The van der Waals surface area contributed by atoms with E-state index in [1.807, 2.05) is 0 Å². The van der Waals surface area contributed by atoms with Crippen LogP contribution in [0.25, 0.3) is 0 Å². The summed E-state index contributed by atoms with van der Waals surface area (Å²) in [7, 11) is 0. The van der Waals surface area contributed by atoms with Crippen LogP contribution >= 0.6 is 0 Å². The topological polar surface area (TPSA) is 30.5 Å². The number of morpholine rings is 1. The van der Waals surface area contributed by atoms with Crippen LogP contribution in [-0.4, -0.2) is 50.4 Å². The molecule has 7 heteroatoms. The lowest BCUT2D eigenvalue weighted by molar-refractivity contribution is -0.185. The highest BCUT2D eigenvalue weighted by Gasteiger charge is 2.51. The maximum absolute atomic E-state index is 13.2. The smallest absolute Gasteiger partial charge is 0.309 e. The lowest BCUT2D eigenvalue weighted by Crippen LogP contribution is -2.62. The maximum Gasteiger partial charge on any atom is 0.309 e. The van der Waals surface area contributed by atoms with E-state index in [1.54, 1.807) is 0 Å². The highest BCUT2D eigenvalue weighted by atomic mass is 19.3. The minimum Gasteiger partial charge on any atom is -0.381 e. The molecular formula is C11H17F4NO2.